The first-order valence-corrected chi connectivity index (χ1v) is 13.4. The molecule has 7 nitrogen and oxygen atoms in total. The minimum Gasteiger partial charge on any atom is -0.465 e. The summed E-state index contributed by atoms with van der Waals surface area (Å²) in [5.74, 6) is 0.646. The fourth-order valence-corrected chi connectivity index (χ4v) is 5.42. The molecule has 0 radical (unpaired) electrons. The van der Waals surface area contributed by atoms with Crippen molar-refractivity contribution in [2.24, 2.45) is 0 Å². The van der Waals surface area contributed by atoms with Crippen molar-refractivity contribution >= 4 is 35.1 Å². The number of aryl methyl sites for hydroxylation is 2. The van der Waals surface area contributed by atoms with E-state index in [1.165, 1.54) is 4.90 Å². The third-order valence-electron chi connectivity index (χ3n) is 6.71. The number of carboxylic acid groups (broad SMARTS) is 1. The van der Waals surface area contributed by atoms with Gasteiger partial charge in [-0.25, -0.2) is 14.8 Å². The van der Waals surface area contributed by atoms with Crippen molar-refractivity contribution in [3.63, 3.8) is 0 Å². The van der Waals surface area contributed by atoms with Gasteiger partial charge in [0.15, 0.2) is 0 Å². The van der Waals surface area contributed by atoms with Crippen LogP contribution in [0.5, 0.6) is 0 Å². The Morgan fingerprint density at radius 3 is 2.43 bits per heavy atom. The van der Waals surface area contributed by atoms with Gasteiger partial charge in [0.25, 0.3) is 0 Å². The predicted octanol–water partition coefficient (Wildman–Crippen LogP) is 6.37. The van der Waals surface area contributed by atoms with E-state index < -0.39 is 6.09 Å². The van der Waals surface area contributed by atoms with Crippen LogP contribution in [-0.4, -0.2) is 57.4 Å². The molecule has 1 saturated heterocycles. The lowest BCUT2D eigenvalue weighted by molar-refractivity contribution is 0.0627. The lowest BCUT2D eigenvalue weighted by atomic mass is 9.98. The summed E-state index contributed by atoms with van der Waals surface area (Å²) in [5.41, 5.74) is 4.15. The lowest BCUT2D eigenvalue weighted by Gasteiger charge is -2.29. The fraction of sp³-hybridized carbons (Fsp3) is 0.393. The van der Waals surface area contributed by atoms with Gasteiger partial charge < -0.3 is 20.1 Å². The number of nitrogens with zero attached hydrogens (tertiary/aromatic N) is 3. The van der Waals surface area contributed by atoms with Crippen LogP contribution >= 0.6 is 23.2 Å². The van der Waals surface area contributed by atoms with E-state index in [9.17, 15) is 9.90 Å². The van der Waals surface area contributed by atoms with Crippen molar-refractivity contribution in [1.29, 1.82) is 0 Å². The molecule has 3 atom stereocenters. The second-order valence-corrected chi connectivity index (χ2v) is 9.85. The van der Waals surface area contributed by atoms with Crippen molar-refractivity contribution in [3.05, 3.63) is 75.5 Å². The topological polar surface area (TPSA) is 87.6 Å². The highest BCUT2D eigenvalue weighted by molar-refractivity contribution is 6.36. The smallest absolute Gasteiger partial charge is 0.407 e. The van der Waals surface area contributed by atoms with Crippen LogP contribution in [0.25, 0.3) is 11.3 Å². The monoisotopic (exact) mass is 542 g/mol. The van der Waals surface area contributed by atoms with Crippen LogP contribution in [-0.2, 0) is 24.0 Å². The molecule has 1 amide bonds. The summed E-state index contributed by atoms with van der Waals surface area (Å²) in [6.07, 6.45) is 0.557. The molecule has 2 N–H and O–H groups in total. The standard InChI is InChI=1S/C28H32Cl2N4O3/c1-4-21-25(19-13-12-18(29)15-20(19)30)31-22(5-2)27(32-21)33-26-23(14-17-10-8-7-9-11-17)34(28(35)36)16-24(26)37-6-3/h7-13,15,23-24,26H,4-6,14,16H2,1-3H3,(H,32,33)(H,35,36). The summed E-state index contributed by atoms with van der Waals surface area (Å²) in [4.78, 5) is 23.7. The molecule has 37 heavy (non-hydrogen) atoms. The van der Waals surface area contributed by atoms with Crippen molar-refractivity contribution in [2.45, 2.75) is 58.2 Å². The van der Waals surface area contributed by atoms with Gasteiger partial charge in [-0.2, -0.15) is 0 Å². The molecule has 0 aliphatic carbocycles. The Kier molecular flexibility index (Phi) is 8.90. The largest absolute Gasteiger partial charge is 0.465 e. The summed E-state index contributed by atoms with van der Waals surface area (Å²) in [6.45, 7) is 6.73. The number of nitrogens with one attached hydrogen (secondary N) is 1. The minimum absolute atomic E-state index is 0.284. The second-order valence-electron chi connectivity index (χ2n) is 9.00. The maximum Gasteiger partial charge on any atom is 0.407 e. The highest BCUT2D eigenvalue weighted by Gasteiger charge is 2.45. The maximum absolute atomic E-state index is 12.2. The van der Waals surface area contributed by atoms with E-state index in [0.29, 0.717) is 41.7 Å². The third kappa shape index (κ3) is 6.00. The Hall–Kier alpha value is -2.87. The van der Waals surface area contributed by atoms with Crippen molar-refractivity contribution < 1.29 is 14.6 Å². The van der Waals surface area contributed by atoms with Gasteiger partial charge in [0.05, 0.1) is 46.8 Å². The van der Waals surface area contributed by atoms with Crippen molar-refractivity contribution in [2.75, 3.05) is 18.5 Å². The molecule has 1 aliphatic heterocycles. The number of hydrogen-bond donors (Lipinski definition) is 2. The molecular weight excluding hydrogens is 511 g/mol. The van der Waals surface area contributed by atoms with Gasteiger partial charge in [0.1, 0.15) is 5.82 Å². The number of amides is 1. The molecular formula is C28H32Cl2N4O3. The van der Waals surface area contributed by atoms with E-state index in [2.05, 4.69) is 5.32 Å². The zero-order valence-electron chi connectivity index (χ0n) is 21.2. The second kappa shape index (κ2) is 12.1. The number of benzene rings is 2. The average molecular weight is 543 g/mol. The summed E-state index contributed by atoms with van der Waals surface area (Å²) in [6, 6.07) is 14.6. The molecule has 3 unspecified atom stereocenters. The van der Waals surface area contributed by atoms with Gasteiger partial charge in [0, 0.05) is 17.2 Å². The summed E-state index contributed by atoms with van der Waals surface area (Å²) in [7, 11) is 0. The fourth-order valence-electron chi connectivity index (χ4n) is 4.93. The van der Waals surface area contributed by atoms with Crippen molar-refractivity contribution in [1.82, 2.24) is 14.9 Å². The molecule has 0 saturated carbocycles. The van der Waals surface area contributed by atoms with E-state index in [0.717, 1.165) is 28.2 Å². The zero-order valence-corrected chi connectivity index (χ0v) is 22.8. The molecule has 1 fully saturated rings. The summed E-state index contributed by atoms with van der Waals surface area (Å²) in [5, 5.41) is 14.7. The van der Waals surface area contributed by atoms with Crippen LogP contribution < -0.4 is 5.32 Å². The Morgan fingerprint density at radius 2 is 1.81 bits per heavy atom. The minimum atomic E-state index is -0.960. The molecule has 9 heteroatoms. The Balaban J connectivity index is 1.74. The van der Waals surface area contributed by atoms with Gasteiger partial charge in [-0.15, -0.1) is 0 Å². The van der Waals surface area contributed by atoms with Gasteiger partial charge in [-0.05, 0) is 49.9 Å². The van der Waals surface area contributed by atoms with Gasteiger partial charge in [-0.3, -0.25) is 0 Å². The number of hydrogen-bond acceptors (Lipinski definition) is 5. The highest BCUT2D eigenvalue weighted by atomic mass is 35.5. The van der Waals surface area contributed by atoms with E-state index >= 15 is 0 Å². The molecule has 1 aromatic heterocycles. The number of aromatic nitrogens is 2. The van der Waals surface area contributed by atoms with Crippen LogP contribution in [0.3, 0.4) is 0 Å². The molecule has 3 aromatic rings. The van der Waals surface area contributed by atoms with E-state index in [-0.39, 0.29) is 24.7 Å². The Morgan fingerprint density at radius 1 is 1.08 bits per heavy atom. The Labute approximate surface area is 227 Å². The molecule has 0 bridgehead atoms. The molecule has 2 aromatic carbocycles. The number of likely N-dealkylation sites (tertiary alicyclic amines) is 1. The summed E-state index contributed by atoms with van der Waals surface area (Å²) < 4.78 is 6.04. The van der Waals surface area contributed by atoms with E-state index in [1.54, 1.807) is 12.1 Å². The SMILES string of the molecule is CCOC1CN(C(=O)O)C(Cc2ccccc2)C1Nc1nc(CC)c(-c2ccc(Cl)cc2Cl)nc1CC. The normalized spacial score (nSPS) is 19.3. The highest BCUT2D eigenvalue weighted by Crippen LogP contribution is 2.34. The molecule has 0 spiro atoms. The van der Waals surface area contributed by atoms with Crippen LogP contribution in [0.15, 0.2) is 48.5 Å². The number of rotatable bonds is 9. The molecule has 4 rings (SSSR count). The molecule has 2 heterocycles. The molecule has 1 aliphatic rings. The average Bonchev–Trinajstić information content (AvgIpc) is 3.21. The predicted molar refractivity (Wildman–Crippen MR) is 148 cm³/mol. The first kappa shape index (κ1) is 27.2. The van der Waals surface area contributed by atoms with Gasteiger partial charge in [-0.1, -0.05) is 67.4 Å². The Bertz CT molecular complexity index is 1240. The van der Waals surface area contributed by atoms with Crippen LogP contribution in [0, 0.1) is 0 Å². The number of carbonyl (C=O) groups is 1. The number of ether oxygens (including phenoxy) is 1. The summed E-state index contributed by atoms with van der Waals surface area (Å²) >= 11 is 12.6. The lowest BCUT2D eigenvalue weighted by Crippen LogP contribution is -2.45. The third-order valence-corrected chi connectivity index (χ3v) is 7.25. The number of halogens is 2. The zero-order chi connectivity index (χ0) is 26.5. The van der Waals surface area contributed by atoms with E-state index in [4.69, 9.17) is 37.9 Å². The van der Waals surface area contributed by atoms with Gasteiger partial charge >= 0.3 is 6.09 Å². The molecule has 196 valence electrons. The number of anilines is 1. The first-order chi connectivity index (χ1) is 17.9. The van der Waals surface area contributed by atoms with Gasteiger partial charge in [0.2, 0.25) is 0 Å². The van der Waals surface area contributed by atoms with Crippen LogP contribution in [0.4, 0.5) is 10.6 Å². The van der Waals surface area contributed by atoms with Crippen molar-refractivity contribution in [3.8, 4) is 11.3 Å². The van der Waals surface area contributed by atoms with Crippen LogP contribution in [0.1, 0.15) is 37.7 Å². The first-order valence-electron chi connectivity index (χ1n) is 12.6. The van der Waals surface area contributed by atoms with E-state index in [1.807, 2.05) is 57.2 Å². The maximum atomic E-state index is 12.2. The van der Waals surface area contributed by atoms with Crippen LogP contribution in [0.2, 0.25) is 10.0 Å². The quantitative estimate of drug-likeness (QED) is 0.326.